The van der Waals surface area contributed by atoms with E-state index in [-0.39, 0.29) is 18.4 Å². The molecular weight excluding hydrogens is 450 g/mol. The van der Waals surface area contributed by atoms with Crippen molar-refractivity contribution >= 4 is 23.2 Å². The summed E-state index contributed by atoms with van der Waals surface area (Å²) in [6.07, 6.45) is 0.838. The lowest BCUT2D eigenvalue weighted by Gasteiger charge is -2.10. The quantitative estimate of drug-likeness (QED) is 0.273. The minimum atomic E-state index is -0.169. The van der Waals surface area contributed by atoms with E-state index in [9.17, 15) is 9.59 Å². The molecule has 0 aliphatic rings. The third-order valence-corrected chi connectivity index (χ3v) is 5.54. The number of carbonyl (C=O) groups excluding carboxylic acids is 2. The highest BCUT2D eigenvalue weighted by Crippen LogP contribution is 2.16. The summed E-state index contributed by atoms with van der Waals surface area (Å²) in [6, 6.07) is 34.3. The molecule has 0 saturated carbocycles. The molecule has 6 heteroatoms. The highest BCUT2D eigenvalue weighted by atomic mass is 16.5. The van der Waals surface area contributed by atoms with E-state index in [1.165, 1.54) is 5.56 Å². The fraction of sp³-hybridized carbons (Fsp3) is 0.133. The largest absolute Gasteiger partial charge is 0.493 e. The van der Waals surface area contributed by atoms with Crippen LogP contribution in [0.3, 0.4) is 0 Å². The van der Waals surface area contributed by atoms with E-state index in [4.69, 9.17) is 4.74 Å². The predicted octanol–water partition coefficient (Wildman–Crippen LogP) is 5.29. The molecular formula is C30H29N3O3. The van der Waals surface area contributed by atoms with E-state index in [0.29, 0.717) is 24.4 Å². The number of ether oxygens (including phenoxy) is 1. The molecule has 0 bridgehead atoms. The standard InChI is InChI=1S/C30H29N3O3/c34-29(33-27-15-17-28(18-16-27)36-20-19-23-7-3-1-4-8-23)22-31-26-13-11-25(12-14-26)30(35)32-21-24-9-5-2-6-10-24/h1-18,31H,19-22H2,(H,32,35)(H,33,34). The van der Waals surface area contributed by atoms with Gasteiger partial charge in [0.25, 0.3) is 5.91 Å². The Hall–Kier alpha value is -4.58. The Morgan fingerprint density at radius 1 is 0.667 bits per heavy atom. The second kappa shape index (κ2) is 12.8. The maximum atomic E-state index is 12.3. The second-order valence-electron chi connectivity index (χ2n) is 8.26. The summed E-state index contributed by atoms with van der Waals surface area (Å²) in [6.45, 7) is 1.17. The van der Waals surface area contributed by atoms with Crippen molar-refractivity contribution < 1.29 is 14.3 Å². The third-order valence-electron chi connectivity index (χ3n) is 5.54. The van der Waals surface area contributed by atoms with Crippen molar-refractivity contribution in [1.29, 1.82) is 0 Å². The Labute approximate surface area is 211 Å². The van der Waals surface area contributed by atoms with Gasteiger partial charge < -0.3 is 20.7 Å². The van der Waals surface area contributed by atoms with Crippen molar-refractivity contribution in [1.82, 2.24) is 5.32 Å². The molecule has 4 aromatic carbocycles. The van der Waals surface area contributed by atoms with Gasteiger partial charge in [0, 0.05) is 29.9 Å². The molecule has 0 unspecified atom stereocenters. The lowest BCUT2D eigenvalue weighted by molar-refractivity contribution is -0.114. The Balaban J connectivity index is 1.17. The average Bonchev–Trinajstić information content (AvgIpc) is 2.93. The average molecular weight is 480 g/mol. The maximum Gasteiger partial charge on any atom is 0.251 e. The van der Waals surface area contributed by atoms with Gasteiger partial charge in [-0.1, -0.05) is 60.7 Å². The van der Waals surface area contributed by atoms with Crippen LogP contribution in [-0.2, 0) is 17.8 Å². The molecule has 0 aliphatic heterocycles. The van der Waals surface area contributed by atoms with Gasteiger partial charge in [0.05, 0.1) is 13.2 Å². The molecule has 2 amide bonds. The first-order valence-corrected chi connectivity index (χ1v) is 11.9. The molecule has 0 saturated heterocycles. The third kappa shape index (κ3) is 7.74. The zero-order valence-electron chi connectivity index (χ0n) is 19.9. The molecule has 4 rings (SSSR count). The monoisotopic (exact) mass is 479 g/mol. The summed E-state index contributed by atoms with van der Waals surface area (Å²) >= 11 is 0. The first-order chi connectivity index (χ1) is 17.7. The first kappa shape index (κ1) is 24.5. The molecule has 4 aromatic rings. The van der Waals surface area contributed by atoms with Crippen LogP contribution in [0.4, 0.5) is 11.4 Å². The van der Waals surface area contributed by atoms with Crippen molar-refractivity contribution in [2.24, 2.45) is 0 Å². The topological polar surface area (TPSA) is 79.5 Å². The van der Waals surface area contributed by atoms with Crippen molar-refractivity contribution in [3.8, 4) is 5.75 Å². The fourth-order valence-electron chi connectivity index (χ4n) is 3.57. The summed E-state index contributed by atoms with van der Waals surface area (Å²) in [7, 11) is 0. The molecule has 0 atom stereocenters. The van der Waals surface area contributed by atoms with Crippen LogP contribution in [0.15, 0.2) is 109 Å². The molecule has 182 valence electrons. The van der Waals surface area contributed by atoms with Crippen molar-refractivity contribution in [3.63, 3.8) is 0 Å². The van der Waals surface area contributed by atoms with Crippen LogP contribution in [0.1, 0.15) is 21.5 Å². The zero-order valence-corrected chi connectivity index (χ0v) is 19.9. The Bertz CT molecular complexity index is 1240. The number of hydrogen-bond donors (Lipinski definition) is 3. The minimum Gasteiger partial charge on any atom is -0.493 e. The molecule has 0 aliphatic carbocycles. The van der Waals surface area contributed by atoms with Gasteiger partial charge in [-0.05, 0) is 59.7 Å². The van der Waals surface area contributed by atoms with Crippen LogP contribution in [0.2, 0.25) is 0 Å². The molecule has 0 spiro atoms. The first-order valence-electron chi connectivity index (χ1n) is 11.9. The molecule has 3 N–H and O–H groups in total. The van der Waals surface area contributed by atoms with E-state index in [1.807, 2.05) is 72.8 Å². The highest BCUT2D eigenvalue weighted by molar-refractivity contribution is 5.95. The second-order valence-corrected chi connectivity index (χ2v) is 8.26. The molecule has 0 radical (unpaired) electrons. The van der Waals surface area contributed by atoms with Crippen LogP contribution >= 0.6 is 0 Å². The number of rotatable bonds is 11. The number of amides is 2. The molecule has 0 heterocycles. The van der Waals surface area contributed by atoms with Gasteiger partial charge in [0.15, 0.2) is 0 Å². The van der Waals surface area contributed by atoms with Gasteiger partial charge in [0.2, 0.25) is 5.91 Å². The van der Waals surface area contributed by atoms with Crippen LogP contribution < -0.4 is 20.7 Å². The summed E-state index contributed by atoms with van der Waals surface area (Å²) < 4.78 is 5.79. The number of hydrogen-bond acceptors (Lipinski definition) is 4. The summed E-state index contributed by atoms with van der Waals surface area (Å²) in [5, 5.41) is 8.84. The van der Waals surface area contributed by atoms with Crippen LogP contribution in [0, 0.1) is 0 Å². The van der Waals surface area contributed by atoms with Gasteiger partial charge in [-0.15, -0.1) is 0 Å². The Morgan fingerprint density at radius 3 is 1.94 bits per heavy atom. The molecule has 36 heavy (non-hydrogen) atoms. The Kier molecular flexibility index (Phi) is 8.70. The Morgan fingerprint density at radius 2 is 1.28 bits per heavy atom. The summed E-state index contributed by atoms with van der Waals surface area (Å²) in [5.41, 5.74) is 4.29. The summed E-state index contributed by atoms with van der Waals surface area (Å²) in [5.74, 6) is 0.447. The van der Waals surface area contributed by atoms with E-state index in [1.54, 1.807) is 24.3 Å². The van der Waals surface area contributed by atoms with Crippen molar-refractivity contribution in [2.75, 3.05) is 23.8 Å². The van der Waals surface area contributed by atoms with Gasteiger partial charge >= 0.3 is 0 Å². The van der Waals surface area contributed by atoms with E-state index < -0.39 is 0 Å². The molecule has 0 fully saturated rings. The zero-order chi connectivity index (χ0) is 25.0. The molecule has 0 aromatic heterocycles. The minimum absolute atomic E-state index is 0.106. The van der Waals surface area contributed by atoms with Crippen LogP contribution in [0.5, 0.6) is 5.75 Å². The summed E-state index contributed by atoms with van der Waals surface area (Å²) in [4.78, 5) is 24.7. The van der Waals surface area contributed by atoms with E-state index in [0.717, 1.165) is 23.4 Å². The molecule has 6 nitrogen and oxygen atoms in total. The van der Waals surface area contributed by atoms with Crippen molar-refractivity contribution in [3.05, 3.63) is 126 Å². The van der Waals surface area contributed by atoms with Crippen LogP contribution in [-0.4, -0.2) is 25.0 Å². The predicted molar refractivity (Wildman–Crippen MR) is 143 cm³/mol. The number of benzene rings is 4. The number of carbonyl (C=O) groups is 2. The van der Waals surface area contributed by atoms with Gasteiger partial charge in [-0.2, -0.15) is 0 Å². The van der Waals surface area contributed by atoms with Crippen molar-refractivity contribution in [2.45, 2.75) is 13.0 Å². The van der Waals surface area contributed by atoms with E-state index in [2.05, 4.69) is 28.1 Å². The van der Waals surface area contributed by atoms with E-state index >= 15 is 0 Å². The smallest absolute Gasteiger partial charge is 0.251 e. The lowest BCUT2D eigenvalue weighted by atomic mass is 10.1. The maximum absolute atomic E-state index is 12.3. The van der Waals surface area contributed by atoms with Crippen LogP contribution in [0.25, 0.3) is 0 Å². The van der Waals surface area contributed by atoms with Gasteiger partial charge in [-0.3, -0.25) is 9.59 Å². The highest BCUT2D eigenvalue weighted by Gasteiger charge is 2.07. The fourth-order valence-corrected chi connectivity index (χ4v) is 3.57. The normalized spacial score (nSPS) is 10.3. The lowest BCUT2D eigenvalue weighted by Crippen LogP contribution is -2.23. The number of nitrogens with one attached hydrogen (secondary N) is 3. The number of anilines is 2. The SMILES string of the molecule is O=C(CNc1ccc(C(=O)NCc2ccccc2)cc1)Nc1ccc(OCCc2ccccc2)cc1. The van der Waals surface area contributed by atoms with Gasteiger partial charge in [-0.25, -0.2) is 0 Å². The van der Waals surface area contributed by atoms with Gasteiger partial charge in [0.1, 0.15) is 5.75 Å².